The van der Waals surface area contributed by atoms with Gasteiger partial charge in [0, 0.05) is 25.6 Å². The number of amides is 1. The molecule has 170 valence electrons. The van der Waals surface area contributed by atoms with Crippen molar-refractivity contribution in [3.05, 3.63) is 0 Å². The van der Waals surface area contributed by atoms with Crippen LogP contribution < -0.4 is 4.72 Å². The molecule has 2 rings (SSSR count). The largest absolute Gasteiger partial charge is 0.376 e. The fraction of sp³-hybridized carbons (Fsp3) is 0.952. The fourth-order valence-corrected chi connectivity index (χ4v) is 5.43. The van der Waals surface area contributed by atoms with Crippen LogP contribution in [0.5, 0.6) is 0 Å². The molecular weight excluding hydrogens is 390 g/mol. The van der Waals surface area contributed by atoms with E-state index < -0.39 is 10.0 Å². The van der Waals surface area contributed by atoms with Crippen LogP contribution in [-0.2, 0) is 19.6 Å². The summed E-state index contributed by atoms with van der Waals surface area (Å²) in [6.07, 6.45) is 7.84. The molecule has 1 aliphatic carbocycles. The smallest absolute Gasteiger partial charge is 0.224 e. The molecule has 1 saturated carbocycles. The molecule has 0 aromatic carbocycles. The topological polar surface area (TPSA) is 79.0 Å². The molecule has 2 aliphatic rings. The second-order valence-corrected chi connectivity index (χ2v) is 11.2. The van der Waals surface area contributed by atoms with Gasteiger partial charge < -0.3 is 14.5 Å². The van der Waals surface area contributed by atoms with E-state index in [0.717, 1.165) is 31.6 Å². The Kier molecular flexibility index (Phi) is 9.38. The molecule has 1 heterocycles. The van der Waals surface area contributed by atoms with Crippen LogP contribution >= 0.6 is 0 Å². The molecule has 1 N–H and O–H groups in total. The van der Waals surface area contributed by atoms with Gasteiger partial charge in [-0.2, -0.15) is 0 Å². The molecule has 0 aromatic rings. The highest BCUT2D eigenvalue weighted by molar-refractivity contribution is 7.88. The number of hydrogen-bond acceptors (Lipinski definition) is 5. The summed E-state index contributed by atoms with van der Waals surface area (Å²) in [6.45, 7) is 6.33. The van der Waals surface area contributed by atoms with Gasteiger partial charge in [0.05, 0.1) is 25.0 Å². The number of sulfonamides is 1. The Morgan fingerprint density at radius 2 is 1.83 bits per heavy atom. The lowest BCUT2D eigenvalue weighted by Gasteiger charge is -2.42. The number of carbonyl (C=O) groups is 1. The lowest BCUT2D eigenvalue weighted by Crippen LogP contribution is -2.59. The van der Waals surface area contributed by atoms with Crippen molar-refractivity contribution in [3.63, 3.8) is 0 Å². The normalized spacial score (nSPS) is 28.9. The molecule has 0 aromatic heterocycles. The van der Waals surface area contributed by atoms with E-state index in [1.807, 2.05) is 23.9 Å². The predicted octanol–water partition coefficient (Wildman–Crippen LogP) is 2.08. The maximum atomic E-state index is 12.9. The van der Waals surface area contributed by atoms with Crippen LogP contribution in [0.3, 0.4) is 0 Å². The molecule has 29 heavy (non-hydrogen) atoms. The van der Waals surface area contributed by atoms with E-state index in [1.54, 1.807) is 0 Å². The Bertz CT molecular complexity index is 615. The molecule has 2 atom stereocenters. The van der Waals surface area contributed by atoms with Gasteiger partial charge in [-0.05, 0) is 64.5 Å². The molecule has 7 nitrogen and oxygen atoms in total. The third kappa shape index (κ3) is 8.15. The minimum atomic E-state index is -3.34. The average molecular weight is 432 g/mol. The van der Waals surface area contributed by atoms with Gasteiger partial charge in [-0.15, -0.1) is 0 Å². The van der Waals surface area contributed by atoms with E-state index in [0.29, 0.717) is 32.0 Å². The molecule has 1 aliphatic heterocycles. The lowest BCUT2D eigenvalue weighted by molar-refractivity contribution is -0.138. The second kappa shape index (κ2) is 11.1. The van der Waals surface area contributed by atoms with Crippen LogP contribution in [0, 0.1) is 11.8 Å². The molecule has 2 fully saturated rings. The summed E-state index contributed by atoms with van der Waals surface area (Å²) >= 11 is 0. The van der Waals surface area contributed by atoms with Crippen LogP contribution in [-0.4, -0.2) is 82.4 Å². The summed E-state index contributed by atoms with van der Waals surface area (Å²) < 4.78 is 32.8. The molecule has 8 heteroatoms. The van der Waals surface area contributed by atoms with E-state index in [-0.39, 0.29) is 24.1 Å². The standard InChI is InChI=1S/C21H41N3O4S/c1-16(2)17-8-10-18(11-9-17)28-15-20-19(22-29(5,26)27)7-6-13-24(20)21(25)12-14-23(3)4/h16-20,22H,6-15H2,1-5H3/t17-,18+,19-,20-/m0/s1. The van der Waals surface area contributed by atoms with Gasteiger partial charge in [-0.3, -0.25) is 4.79 Å². The Labute approximate surface area is 177 Å². The number of carbonyl (C=O) groups excluding carboxylic acids is 1. The Balaban J connectivity index is 2.01. The molecule has 1 saturated heterocycles. The molecule has 0 radical (unpaired) electrons. The number of nitrogens with one attached hydrogen (secondary N) is 1. The summed E-state index contributed by atoms with van der Waals surface area (Å²) in [4.78, 5) is 16.7. The van der Waals surface area contributed by atoms with Gasteiger partial charge in [0.25, 0.3) is 0 Å². The fourth-order valence-electron chi connectivity index (χ4n) is 4.60. The first kappa shape index (κ1) is 24.6. The number of nitrogens with zero attached hydrogens (tertiary/aromatic N) is 2. The van der Waals surface area contributed by atoms with Crippen molar-refractivity contribution in [2.24, 2.45) is 11.8 Å². The van der Waals surface area contributed by atoms with Crippen molar-refractivity contribution in [2.45, 2.75) is 77.0 Å². The first-order valence-corrected chi connectivity index (χ1v) is 13.0. The van der Waals surface area contributed by atoms with Crippen molar-refractivity contribution in [3.8, 4) is 0 Å². The Hall–Kier alpha value is -0.700. The number of piperidine rings is 1. The zero-order valence-electron chi connectivity index (χ0n) is 18.9. The summed E-state index contributed by atoms with van der Waals surface area (Å²) in [5, 5.41) is 0. The highest BCUT2D eigenvalue weighted by Crippen LogP contribution is 2.32. The van der Waals surface area contributed by atoms with Crippen LogP contribution in [0.2, 0.25) is 0 Å². The van der Waals surface area contributed by atoms with Crippen molar-refractivity contribution >= 4 is 15.9 Å². The maximum Gasteiger partial charge on any atom is 0.224 e. The van der Waals surface area contributed by atoms with Crippen molar-refractivity contribution < 1.29 is 17.9 Å². The third-order valence-electron chi connectivity index (χ3n) is 6.40. The lowest BCUT2D eigenvalue weighted by atomic mass is 9.80. The van der Waals surface area contributed by atoms with E-state index in [1.165, 1.54) is 19.1 Å². The second-order valence-electron chi connectivity index (χ2n) is 9.46. The number of rotatable bonds is 9. The van der Waals surface area contributed by atoms with Crippen molar-refractivity contribution in [1.82, 2.24) is 14.5 Å². The Morgan fingerprint density at radius 1 is 1.17 bits per heavy atom. The minimum Gasteiger partial charge on any atom is -0.376 e. The van der Waals surface area contributed by atoms with Gasteiger partial charge in [0.1, 0.15) is 0 Å². The number of hydrogen-bond donors (Lipinski definition) is 1. The van der Waals surface area contributed by atoms with Crippen molar-refractivity contribution in [2.75, 3.05) is 40.0 Å². The highest BCUT2D eigenvalue weighted by atomic mass is 32.2. The van der Waals surface area contributed by atoms with Gasteiger partial charge in [0.15, 0.2) is 0 Å². The third-order valence-corrected chi connectivity index (χ3v) is 7.13. The van der Waals surface area contributed by atoms with Crippen LogP contribution in [0.15, 0.2) is 0 Å². The SMILES string of the molecule is CC(C)[C@H]1CC[C@@H](OC[C@H]2[C@@H](NS(C)(=O)=O)CCCN2C(=O)CCN(C)C)CC1. The first-order chi connectivity index (χ1) is 13.6. The van der Waals surface area contributed by atoms with Crippen molar-refractivity contribution in [1.29, 1.82) is 0 Å². The monoisotopic (exact) mass is 431 g/mol. The van der Waals surface area contributed by atoms with E-state index in [9.17, 15) is 13.2 Å². The molecular formula is C21H41N3O4S. The van der Waals surface area contributed by atoms with E-state index in [2.05, 4.69) is 18.6 Å². The van der Waals surface area contributed by atoms with E-state index >= 15 is 0 Å². The summed E-state index contributed by atoms with van der Waals surface area (Å²) in [7, 11) is 0.557. The summed E-state index contributed by atoms with van der Waals surface area (Å²) in [5.41, 5.74) is 0. The molecule has 0 bridgehead atoms. The Morgan fingerprint density at radius 3 is 2.38 bits per heavy atom. The quantitative estimate of drug-likeness (QED) is 0.605. The van der Waals surface area contributed by atoms with Gasteiger partial charge in [-0.1, -0.05) is 13.8 Å². The van der Waals surface area contributed by atoms with Crippen LogP contribution in [0.1, 0.15) is 58.8 Å². The minimum absolute atomic E-state index is 0.0795. The van der Waals surface area contributed by atoms with E-state index in [4.69, 9.17) is 4.74 Å². The first-order valence-electron chi connectivity index (χ1n) is 11.1. The van der Waals surface area contributed by atoms with Crippen LogP contribution in [0.4, 0.5) is 0 Å². The van der Waals surface area contributed by atoms with Crippen LogP contribution in [0.25, 0.3) is 0 Å². The van der Waals surface area contributed by atoms with Gasteiger partial charge in [0.2, 0.25) is 15.9 Å². The number of ether oxygens (including phenoxy) is 1. The molecule has 1 amide bonds. The highest BCUT2D eigenvalue weighted by Gasteiger charge is 2.36. The predicted molar refractivity (Wildman–Crippen MR) is 116 cm³/mol. The molecule has 0 unspecified atom stereocenters. The maximum absolute atomic E-state index is 12.9. The summed E-state index contributed by atoms with van der Waals surface area (Å²) in [5.74, 6) is 1.56. The van der Waals surface area contributed by atoms with Gasteiger partial charge in [-0.25, -0.2) is 13.1 Å². The van der Waals surface area contributed by atoms with Gasteiger partial charge >= 0.3 is 0 Å². The number of likely N-dealkylation sites (tertiary alicyclic amines) is 1. The summed E-state index contributed by atoms with van der Waals surface area (Å²) in [6, 6.07) is -0.523. The molecule has 0 spiro atoms. The zero-order valence-corrected chi connectivity index (χ0v) is 19.7. The average Bonchev–Trinajstić information content (AvgIpc) is 2.64. The zero-order chi connectivity index (χ0) is 21.6.